The number of amides is 2. The van der Waals surface area contributed by atoms with Crippen LogP contribution in [0.2, 0.25) is 0 Å². The van der Waals surface area contributed by atoms with Crippen LogP contribution in [-0.4, -0.2) is 36.9 Å². The molecule has 0 atom stereocenters. The van der Waals surface area contributed by atoms with Crippen molar-refractivity contribution in [2.24, 2.45) is 0 Å². The first-order chi connectivity index (χ1) is 14.0. The van der Waals surface area contributed by atoms with Crippen molar-refractivity contribution in [3.8, 4) is 11.1 Å². The molecule has 0 aliphatic rings. The number of hydrogen-bond donors (Lipinski definition) is 2. The summed E-state index contributed by atoms with van der Waals surface area (Å²) in [5.74, 6) is -0.859. The minimum absolute atomic E-state index is 0.0394. The fourth-order valence-electron chi connectivity index (χ4n) is 2.86. The smallest absolute Gasteiger partial charge is 0.238 e. The summed E-state index contributed by atoms with van der Waals surface area (Å²) >= 11 is 0. The van der Waals surface area contributed by atoms with Crippen molar-refractivity contribution < 1.29 is 14.0 Å². The molecule has 3 rings (SSSR count). The molecule has 2 N–H and O–H groups in total. The monoisotopic (exact) mass is 391 g/mol. The molecule has 0 aliphatic carbocycles. The van der Waals surface area contributed by atoms with Gasteiger partial charge in [0.15, 0.2) is 0 Å². The first-order valence-electron chi connectivity index (χ1n) is 9.19. The van der Waals surface area contributed by atoms with Crippen molar-refractivity contribution in [3.05, 3.63) is 84.7 Å². The summed E-state index contributed by atoms with van der Waals surface area (Å²) in [6.45, 7) is 0.106. The standard InChI is InChI=1S/C23H22FN3O2/c1-27(16-23(29)26-21-13-9-19(24)10-14-21)15-22(28)25-20-11-7-18(8-12-20)17-5-3-2-4-6-17/h2-14H,15-16H2,1H3,(H,25,28)(H,26,29). The van der Waals surface area contributed by atoms with Gasteiger partial charge in [-0.15, -0.1) is 0 Å². The third kappa shape index (κ3) is 6.26. The van der Waals surface area contributed by atoms with Crippen LogP contribution in [0.5, 0.6) is 0 Å². The van der Waals surface area contributed by atoms with Crippen molar-refractivity contribution in [2.75, 3.05) is 30.8 Å². The Kier molecular flexibility index (Phi) is 6.71. The van der Waals surface area contributed by atoms with E-state index in [2.05, 4.69) is 10.6 Å². The highest BCUT2D eigenvalue weighted by molar-refractivity contribution is 5.94. The zero-order valence-corrected chi connectivity index (χ0v) is 16.1. The molecule has 0 aliphatic heterocycles. The number of rotatable bonds is 7. The predicted octanol–water partition coefficient (Wildman–Crippen LogP) is 4.00. The zero-order valence-electron chi connectivity index (χ0n) is 16.1. The molecule has 0 heterocycles. The molecule has 0 bridgehead atoms. The molecule has 0 fully saturated rings. The van der Waals surface area contributed by atoms with Gasteiger partial charge in [0, 0.05) is 11.4 Å². The van der Waals surface area contributed by atoms with E-state index < -0.39 is 0 Å². The second kappa shape index (κ2) is 9.61. The Hall–Kier alpha value is -3.51. The summed E-state index contributed by atoms with van der Waals surface area (Å²) in [6.07, 6.45) is 0. The van der Waals surface area contributed by atoms with E-state index in [1.54, 1.807) is 11.9 Å². The van der Waals surface area contributed by atoms with Gasteiger partial charge in [-0.2, -0.15) is 0 Å². The Balaban J connectivity index is 1.47. The molecule has 0 aromatic heterocycles. The lowest BCUT2D eigenvalue weighted by molar-refractivity contribution is -0.119. The van der Waals surface area contributed by atoms with Gasteiger partial charge in [-0.3, -0.25) is 14.5 Å². The molecule has 0 radical (unpaired) electrons. The SMILES string of the molecule is CN(CC(=O)Nc1ccc(F)cc1)CC(=O)Nc1ccc(-c2ccccc2)cc1. The lowest BCUT2D eigenvalue weighted by Gasteiger charge is -2.16. The van der Waals surface area contributed by atoms with Gasteiger partial charge in [0.25, 0.3) is 0 Å². The summed E-state index contributed by atoms with van der Waals surface area (Å²) in [5, 5.41) is 5.49. The number of benzene rings is 3. The number of carbonyl (C=O) groups is 2. The molecule has 6 heteroatoms. The van der Waals surface area contributed by atoms with Crippen LogP contribution in [0.3, 0.4) is 0 Å². The van der Waals surface area contributed by atoms with Crippen LogP contribution in [0.25, 0.3) is 11.1 Å². The van der Waals surface area contributed by atoms with Crippen LogP contribution in [0, 0.1) is 5.82 Å². The second-order valence-corrected chi connectivity index (χ2v) is 6.72. The Labute approximate surface area is 169 Å². The highest BCUT2D eigenvalue weighted by Gasteiger charge is 2.11. The quantitative estimate of drug-likeness (QED) is 0.640. The summed E-state index contributed by atoms with van der Waals surface area (Å²) in [5.41, 5.74) is 3.38. The second-order valence-electron chi connectivity index (χ2n) is 6.72. The number of carbonyl (C=O) groups excluding carboxylic acids is 2. The molecule has 5 nitrogen and oxygen atoms in total. The third-order valence-corrected chi connectivity index (χ3v) is 4.23. The molecule has 3 aromatic carbocycles. The Bertz CT molecular complexity index is 958. The number of likely N-dealkylation sites (N-methyl/N-ethyl adjacent to an activating group) is 1. The minimum Gasteiger partial charge on any atom is -0.325 e. The maximum atomic E-state index is 12.9. The van der Waals surface area contributed by atoms with Crippen LogP contribution in [0.1, 0.15) is 0 Å². The normalized spacial score (nSPS) is 10.6. The summed E-state index contributed by atoms with van der Waals surface area (Å²) in [7, 11) is 1.68. The molecule has 3 aromatic rings. The Morgan fingerprint density at radius 1 is 0.724 bits per heavy atom. The zero-order chi connectivity index (χ0) is 20.6. The van der Waals surface area contributed by atoms with E-state index in [0.29, 0.717) is 11.4 Å². The highest BCUT2D eigenvalue weighted by Crippen LogP contribution is 2.20. The van der Waals surface area contributed by atoms with Gasteiger partial charge in [-0.1, -0.05) is 42.5 Å². The number of anilines is 2. The van der Waals surface area contributed by atoms with Gasteiger partial charge in [0.1, 0.15) is 5.82 Å². The lowest BCUT2D eigenvalue weighted by Crippen LogP contribution is -2.36. The first kappa shape index (κ1) is 20.2. The lowest BCUT2D eigenvalue weighted by atomic mass is 10.1. The van der Waals surface area contributed by atoms with E-state index in [9.17, 15) is 14.0 Å². The molecular formula is C23H22FN3O2. The topological polar surface area (TPSA) is 61.4 Å². The van der Waals surface area contributed by atoms with Crippen molar-refractivity contribution in [3.63, 3.8) is 0 Å². The van der Waals surface area contributed by atoms with Gasteiger partial charge < -0.3 is 10.6 Å². The Morgan fingerprint density at radius 3 is 1.69 bits per heavy atom. The fourth-order valence-corrected chi connectivity index (χ4v) is 2.86. The van der Waals surface area contributed by atoms with Gasteiger partial charge in [-0.25, -0.2) is 4.39 Å². The van der Waals surface area contributed by atoms with Gasteiger partial charge >= 0.3 is 0 Å². The number of halogens is 1. The molecule has 29 heavy (non-hydrogen) atoms. The summed E-state index contributed by atoms with van der Waals surface area (Å²) in [4.78, 5) is 25.9. The van der Waals surface area contributed by atoms with Crippen LogP contribution in [0.4, 0.5) is 15.8 Å². The van der Waals surface area contributed by atoms with E-state index in [4.69, 9.17) is 0 Å². The number of hydrogen-bond acceptors (Lipinski definition) is 3. The third-order valence-electron chi connectivity index (χ3n) is 4.23. The molecule has 0 saturated carbocycles. The predicted molar refractivity (Wildman–Crippen MR) is 113 cm³/mol. The molecule has 2 amide bonds. The van der Waals surface area contributed by atoms with E-state index >= 15 is 0 Å². The van der Waals surface area contributed by atoms with E-state index in [1.165, 1.54) is 24.3 Å². The number of nitrogens with zero attached hydrogens (tertiary/aromatic N) is 1. The summed E-state index contributed by atoms with van der Waals surface area (Å²) in [6, 6.07) is 23.1. The van der Waals surface area contributed by atoms with Crippen LogP contribution in [0.15, 0.2) is 78.9 Å². The van der Waals surface area contributed by atoms with E-state index in [0.717, 1.165) is 11.1 Å². The molecule has 0 saturated heterocycles. The number of nitrogens with one attached hydrogen (secondary N) is 2. The van der Waals surface area contributed by atoms with Gasteiger partial charge in [-0.05, 0) is 54.6 Å². The molecule has 0 spiro atoms. The minimum atomic E-state index is -0.367. The maximum absolute atomic E-state index is 12.9. The molecule has 148 valence electrons. The van der Waals surface area contributed by atoms with Gasteiger partial charge in [0.05, 0.1) is 13.1 Å². The van der Waals surface area contributed by atoms with Crippen LogP contribution in [-0.2, 0) is 9.59 Å². The average molecular weight is 391 g/mol. The highest BCUT2D eigenvalue weighted by atomic mass is 19.1. The molecule has 0 unspecified atom stereocenters. The van der Waals surface area contributed by atoms with Gasteiger partial charge in [0.2, 0.25) is 11.8 Å². The van der Waals surface area contributed by atoms with E-state index in [1.807, 2.05) is 54.6 Å². The van der Waals surface area contributed by atoms with E-state index in [-0.39, 0.29) is 30.7 Å². The van der Waals surface area contributed by atoms with Crippen molar-refractivity contribution in [1.82, 2.24) is 4.90 Å². The fraction of sp³-hybridized carbons (Fsp3) is 0.130. The first-order valence-corrected chi connectivity index (χ1v) is 9.19. The van der Waals surface area contributed by atoms with Crippen molar-refractivity contribution in [2.45, 2.75) is 0 Å². The molecular weight excluding hydrogens is 369 g/mol. The summed E-state index contributed by atoms with van der Waals surface area (Å²) < 4.78 is 12.9. The average Bonchev–Trinajstić information content (AvgIpc) is 2.70. The van der Waals surface area contributed by atoms with Crippen molar-refractivity contribution >= 4 is 23.2 Å². The van der Waals surface area contributed by atoms with Crippen LogP contribution >= 0.6 is 0 Å². The van der Waals surface area contributed by atoms with Crippen LogP contribution < -0.4 is 10.6 Å². The van der Waals surface area contributed by atoms with Crippen molar-refractivity contribution in [1.29, 1.82) is 0 Å². The largest absolute Gasteiger partial charge is 0.325 e. The Morgan fingerprint density at radius 2 is 1.17 bits per heavy atom. The maximum Gasteiger partial charge on any atom is 0.238 e.